The normalized spacial score (nSPS) is 16.9. The number of anilines is 1. The van der Waals surface area contributed by atoms with Crippen LogP contribution in [0.5, 0.6) is 0 Å². The molecule has 8 nitrogen and oxygen atoms in total. The molecule has 1 atom stereocenters. The van der Waals surface area contributed by atoms with Gasteiger partial charge in [-0.1, -0.05) is 12.1 Å². The van der Waals surface area contributed by atoms with E-state index < -0.39 is 0 Å². The zero-order chi connectivity index (χ0) is 20.9. The fourth-order valence-electron chi connectivity index (χ4n) is 3.65. The van der Waals surface area contributed by atoms with E-state index in [2.05, 4.69) is 20.2 Å². The van der Waals surface area contributed by atoms with Crippen LogP contribution in [0.4, 0.5) is 5.69 Å². The summed E-state index contributed by atoms with van der Waals surface area (Å²) >= 11 is 0. The van der Waals surface area contributed by atoms with E-state index in [0.717, 1.165) is 37.2 Å². The van der Waals surface area contributed by atoms with E-state index in [-0.39, 0.29) is 17.7 Å². The third-order valence-corrected chi connectivity index (χ3v) is 5.30. The summed E-state index contributed by atoms with van der Waals surface area (Å²) in [5.74, 6) is 0.203. The standard InChI is InChI=1S/C22H24N6O2/c23-21(29)18-2-1-10-27(14-18)13-16-3-6-19(7-4-16)26-22(30)17-5-8-20(25-12-17)28-11-9-24-15-28/h3-9,11-12,15,18H,1-2,10,13-14H2,(H2,23,29)(H,26,30). The minimum absolute atomic E-state index is 0.0638. The number of imidazole rings is 1. The fourth-order valence-corrected chi connectivity index (χ4v) is 3.65. The second kappa shape index (κ2) is 8.87. The number of nitrogens with two attached hydrogens (primary N) is 1. The summed E-state index contributed by atoms with van der Waals surface area (Å²) in [5.41, 5.74) is 7.78. The molecule has 4 rings (SSSR count). The molecule has 0 aliphatic carbocycles. The molecule has 2 aromatic heterocycles. The summed E-state index contributed by atoms with van der Waals surface area (Å²) in [4.78, 5) is 34.5. The molecule has 0 bridgehead atoms. The number of amides is 2. The van der Waals surface area contributed by atoms with Crippen LogP contribution in [0.1, 0.15) is 28.8 Å². The number of carbonyl (C=O) groups is 2. The van der Waals surface area contributed by atoms with Crippen molar-refractivity contribution in [1.82, 2.24) is 19.4 Å². The predicted molar refractivity (Wildman–Crippen MR) is 113 cm³/mol. The van der Waals surface area contributed by atoms with Crippen molar-refractivity contribution >= 4 is 17.5 Å². The number of primary amides is 1. The van der Waals surface area contributed by atoms with Gasteiger partial charge in [0.2, 0.25) is 5.91 Å². The van der Waals surface area contributed by atoms with Crippen molar-refractivity contribution < 1.29 is 9.59 Å². The van der Waals surface area contributed by atoms with Gasteiger partial charge in [0.15, 0.2) is 0 Å². The molecular weight excluding hydrogens is 380 g/mol. The number of pyridine rings is 1. The number of hydrogen-bond acceptors (Lipinski definition) is 5. The molecule has 1 aromatic carbocycles. The highest BCUT2D eigenvalue weighted by Crippen LogP contribution is 2.19. The smallest absolute Gasteiger partial charge is 0.257 e. The third-order valence-electron chi connectivity index (χ3n) is 5.30. The van der Waals surface area contributed by atoms with E-state index in [0.29, 0.717) is 17.9 Å². The Labute approximate surface area is 174 Å². The summed E-state index contributed by atoms with van der Waals surface area (Å²) in [5, 5.41) is 2.89. The first-order valence-corrected chi connectivity index (χ1v) is 9.95. The van der Waals surface area contributed by atoms with E-state index in [1.54, 1.807) is 41.6 Å². The number of piperidine rings is 1. The monoisotopic (exact) mass is 404 g/mol. The van der Waals surface area contributed by atoms with Crippen molar-refractivity contribution in [2.75, 3.05) is 18.4 Å². The Morgan fingerprint density at radius 1 is 1.17 bits per heavy atom. The van der Waals surface area contributed by atoms with Gasteiger partial charge < -0.3 is 11.1 Å². The molecule has 3 heterocycles. The predicted octanol–water partition coefficient (Wildman–Crippen LogP) is 2.22. The molecule has 1 aliphatic heterocycles. The lowest BCUT2D eigenvalue weighted by Crippen LogP contribution is -2.40. The molecule has 30 heavy (non-hydrogen) atoms. The number of benzene rings is 1. The van der Waals surface area contributed by atoms with Gasteiger partial charge in [-0.25, -0.2) is 9.97 Å². The molecule has 0 radical (unpaired) electrons. The molecule has 0 saturated carbocycles. The van der Waals surface area contributed by atoms with Crippen LogP contribution in [0.25, 0.3) is 5.82 Å². The first-order chi connectivity index (χ1) is 14.6. The van der Waals surface area contributed by atoms with E-state index in [4.69, 9.17) is 5.73 Å². The lowest BCUT2D eigenvalue weighted by molar-refractivity contribution is -0.123. The average molecular weight is 404 g/mol. The Bertz CT molecular complexity index is 999. The van der Waals surface area contributed by atoms with Gasteiger partial charge in [-0.3, -0.25) is 19.1 Å². The summed E-state index contributed by atoms with van der Waals surface area (Å²) in [6, 6.07) is 11.3. The molecule has 154 valence electrons. The van der Waals surface area contributed by atoms with Crippen molar-refractivity contribution in [1.29, 1.82) is 0 Å². The van der Waals surface area contributed by atoms with Crippen molar-refractivity contribution in [3.8, 4) is 5.82 Å². The van der Waals surface area contributed by atoms with Crippen LogP contribution in [0.15, 0.2) is 61.3 Å². The lowest BCUT2D eigenvalue weighted by Gasteiger charge is -2.31. The molecule has 2 amide bonds. The molecule has 1 unspecified atom stereocenters. The Balaban J connectivity index is 1.34. The first kappa shape index (κ1) is 19.8. The van der Waals surface area contributed by atoms with Gasteiger partial charge >= 0.3 is 0 Å². The van der Waals surface area contributed by atoms with Crippen LogP contribution in [0.3, 0.4) is 0 Å². The Morgan fingerprint density at radius 2 is 2.00 bits per heavy atom. The van der Waals surface area contributed by atoms with Gasteiger partial charge in [0.1, 0.15) is 12.1 Å². The van der Waals surface area contributed by atoms with Gasteiger partial charge in [-0.05, 0) is 49.2 Å². The Hall–Kier alpha value is -3.52. The second-order valence-electron chi connectivity index (χ2n) is 7.50. The Morgan fingerprint density at radius 3 is 2.67 bits per heavy atom. The zero-order valence-corrected chi connectivity index (χ0v) is 16.6. The maximum atomic E-state index is 12.5. The second-order valence-corrected chi connectivity index (χ2v) is 7.50. The maximum Gasteiger partial charge on any atom is 0.257 e. The molecule has 1 saturated heterocycles. The zero-order valence-electron chi connectivity index (χ0n) is 16.6. The fraction of sp³-hybridized carbons (Fsp3) is 0.273. The number of nitrogens with zero attached hydrogens (tertiary/aromatic N) is 4. The number of nitrogens with one attached hydrogen (secondary N) is 1. The quantitative estimate of drug-likeness (QED) is 0.655. The highest BCUT2D eigenvalue weighted by molar-refractivity contribution is 6.04. The van der Waals surface area contributed by atoms with Crippen molar-refractivity contribution in [2.45, 2.75) is 19.4 Å². The topological polar surface area (TPSA) is 106 Å². The number of aromatic nitrogens is 3. The van der Waals surface area contributed by atoms with E-state index in [1.165, 1.54) is 0 Å². The number of carbonyl (C=O) groups excluding carboxylic acids is 2. The van der Waals surface area contributed by atoms with Crippen LogP contribution >= 0.6 is 0 Å². The molecule has 3 aromatic rings. The van der Waals surface area contributed by atoms with Gasteiger partial charge in [0.25, 0.3) is 5.91 Å². The number of rotatable bonds is 6. The molecule has 1 aliphatic rings. The molecular formula is C22H24N6O2. The average Bonchev–Trinajstić information content (AvgIpc) is 3.30. The minimum atomic E-state index is -0.217. The molecule has 0 spiro atoms. The molecule has 3 N–H and O–H groups in total. The van der Waals surface area contributed by atoms with Crippen LogP contribution in [-0.4, -0.2) is 44.3 Å². The van der Waals surface area contributed by atoms with Crippen LogP contribution in [0, 0.1) is 5.92 Å². The number of hydrogen-bond donors (Lipinski definition) is 2. The van der Waals surface area contributed by atoms with E-state index in [9.17, 15) is 9.59 Å². The first-order valence-electron chi connectivity index (χ1n) is 9.95. The SMILES string of the molecule is NC(=O)C1CCCN(Cc2ccc(NC(=O)c3ccc(-n4ccnc4)nc3)cc2)C1. The van der Waals surface area contributed by atoms with Gasteiger partial charge in [-0.15, -0.1) is 0 Å². The van der Waals surface area contributed by atoms with Crippen LogP contribution < -0.4 is 11.1 Å². The summed E-state index contributed by atoms with van der Waals surface area (Å²) in [6.07, 6.45) is 8.52. The summed E-state index contributed by atoms with van der Waals surface area (Å²) in [7, 11) is 0. The van der Waals surface area contributed by atoms with Crippen LogP contribution in [-0.2, 0) is 11.3 Å². The highest BCUT2D eigenvalue weighted by Gasteiger charge is 2.23. The largest absolute Gasteiger partial charge is 0.369 e. The lowest BCUT2D eigenvalue weighted by atomic mass is 9.97. The highest BCUT2D eigenvalue weighted by atomic mass is 16.2. The maximum absolute atomic E-state index is 12.5. The van der Waals surface area contributed by atoms with Crippen molar-refractivity contribution in [3.05, 3.63) is 72.4 Å². The van der Waals surface area contributed by atoms with Gasteiger partial charge in [-0.2, -0.15) is 0 Å². The van der Waals surface area contributed by atoms with E-state index in [1.807, 2.05) is 24.3 Å². The third kappa shape index (κ3) is 4.72. The summed E-state index contributed by atoms with van der Waals surface area (Å²) in [6.45, 7) is 2.43. The van der Waals surface area contributed by atoms with Gasteiger partial charge in [0, 0.05) is 37.4 Å². The molecule has 1 fully saturated rings. The Kier molecular flexibility index (Phi) is 5.85. The minimum Gasteiger partial charge on any atom is -0.369 e. The van der Waals surface area contributed by atoms with Crippen molar-refractivity contribution in [2.24, 2.45) is 11.7 Å². The summed E-state index contributed by atoms with van der Waals surface area (Å²) < 4.78 is 1.77. The van der Waals surface area contributed by atoms with Gasteiger partial charge in [0.05, 0.1) is 11.5 Å². The van der Waals surface area contributed by atoms with E-state index >= 15 is 0 Å². The molecule has 8 heteroatoms. The van der Waals surface area contributed by atoms with Crippen LogP contribution in [0.2, 0.25) is 0 Å². The van der Waals surface area contributed by atoms with Crippen molar-refractivity contribution in [3.63, 3.8) is 0 Å². The number of likely N-dealkylation sites (tertiary alicyclic amines) is 1.